The van der Waals surface area contributed by atoms with Crippen LogP contribution in [0.25, 0.3) is 0 Å². The number of hydrogen-bond donors (Lipinski definition) is 1. The first-order valence-electron chi connectivity index (χ1n) is 5.74. The molecule has 2 rings (SSSR count). The van der Waals surface area contributed by atoms with Crippen molar-refractivity contribution >= 4 is 46.6 Å². The Bertz CT molecular complexity index is 611. The zero-order valence-corrected chi connectivity index (χ0v) is 13.1. The topological polar surface area (TPSA) is 59.8 Å². The molecule has 1 amide bonds. The van der Waals surface area contributed by atoms with E-state index in [0.29, 0.717) is 20.9 Å². The van der Waals surface area contributed by atoms with Crippen molar-refractivity contribution in [2.45, 2.75) is 17.3 Å². The molecule has 0 saturated heterocycles. The van der Waals surface area contributed by atoms with Crippen LogP contribution in [0, 0.1) is 0 Å². The summed E-state index contributed by atoms with van der Waals surface area (Å²) in [6.45, 7) is 1.78. The zero-order valence-electron chi connectivity index (χ0n) is 10.8. The number of carbonyl (C=O) groups excluding carboxylic acids is 1. The SMILES string of the molecule is CC(Sc1nncn1C)C(=O)Nc1c(Cl)cccc1Cl. The van der Waals surface area contributed by atoms with Crippen LogP contribution in [0.2, 0.25) is 10.0 Å². The third-order valence-electron chi connectivity index (χ3n) is 2.53. The molecule has 0 saturated carbocycles. The van der Waals surface area contributed by atoms with E-state index in [9.17, 15) is 4.79 Å². The summed E-state index contributed by atoms with van der Waals surface area (Å²) in [5.74, 6) is -0.201. The molecule has 106 valence electrons. The van der Waals surface area contributed by atoms with Gasteiger partial charge in [0.15, 0.2) is 5.16 Å². The molecule has 1 unspecified atom stereocenters. The Morgan fingerprint density at radius 1 is 1.40 bits per heavy atom. The van der Waals surface area contributed by atoms with Crippen molar-refractivity contribution in [2.24, 2.45) is 7.05 Å². The first kappa shape index (κ1) is 15.2. The molecular weight excluding hydrogens is 319 g/mol. The maximum atomic E-state index is 12.1. The van der Waals surface area contributed by atoms with Crippen molar-refractivity contribution in [2.75, 3.05) is 5.32 Å². The van der Waals surface area contributed by atoms with E-state index in [-0.39, 0.29) is 11.2 Å². The highest BCUT2D eigenvalue weighted by molar-refractivity contribution is 8.00. The normalized spacial score (nSPS) is 12.2. The number of nitrogens with one attached hydrogen (secondary N) is 1. The maximum Gasteiger partial charge on any atom is 0.237 e. The van der Waals surface area contributed by atoms with Gasteiger partial charge in [-0.25, -0.2) is 0 Å². The number of benzene rings is 1. The molecule has 20 heavy (non-hydrogen) atoms. The van der Waals surface area contributed by atoms with Crippen molar-refractivity contribution in [3.8, 4) is 0 Å². The number of nitrogens with zero attached hydrogens (tertiary/aromatic N) is 3. The molecule has 0 radical (unpaired) electrons. The second-order valence-corrected chi connectivity index (χ2v) is 6.19. The molecular formula is C12H12Cl2N4OS. The lowest BCUT2D eigenvalue weighted by molar-refractivity contribution is -0.115. The molecule has 0 spiro atoms. The Hall–Kier alpha value is -1.24. The van der Waals surface area contributed by atoms with Gasteiger partial charge >= 0.3 is 0 Å². The number of halogens is 2. The van der Waals surface area contributed by atoms with E-state index in [1.807, 2.05) is 7.05 Å². The summed E-state index contributed by atoms with van der Waals surface area (Å²) in [6, 6.07) is 5.06. The van der Waals surface area contributed by atoms with Crippen molar-refractivity contribution in [3.05, 3.63) is 34.6 Å². The van der Waals surface area contributed by atoms with E-state index in [1.165, 1.54) is 11.8 Å². The van der Waals surface area contributed by atoms with Gasteiger partial charge in [0.1, 0.15) is 6.33 Å². The standard InChI is InChI=1S/C12H12Cl2N4OS/c1-7(20-12-17-15-6-18(12)2)11(19)16-10-8(13)4-3-5-9(10)14/h3-7H,1-2H3,(H,16,19). The van der Waals surface area contributed by atoms with Gasteiger partial charge in [-0.1, -0.05) is 41.0 Å². The van der Waals surface area contributed by atoms with Crippen LogP contribution >= 0.6 is 35.0 Å². The summed E-state index contributed by atoms with van der Waals surface area (Å²) < 4.78 is 1.75. The Kier molecular flexibility index (Phi) is 4.91. The van der Waals surface area contributed by atoms with E-state index in [4.69, 9.17) is 23.2 Å². The molecule has 0 aliphatic heterocycles. The van der Waals surface area contributed by atoms with Crippen molar-refractivity contribution in [1.82, 2.24) is 14.8 Å². The molecule has 8 heteroatoms. The van der Waals surface area contributed by atoms with Crippen LogP contribution in [0.15, 0.2) is 29.7 Å². The lowest BCUT2D eigenvalue weighted by Gasteiger charge is -2.13. The number of para-hydroxylation sites is 1. The zero-order chi connectivity index (χ0) is 14.7. The van der Waals surface area contributed by atoms with Gasteiger partial charge < -0.3 is 9.88 Å². The van der Waals surface area contributed by atoms with Crippen LogP contribution in [-0.4, -0.2) is 25.9 Å². The van der Waals surface area contributed by atoms with Gasteiger partial charge in [0.25, 0.3) is 0 Å². The summed E-state index contributed by atoms with van der Waals surface area (Å²) in [5.41, 5.74) is 0.422. The van der Waals surface area contributed by atoms with Crippen LogP contribution in [0.5, 0.6) is 0 Å². The number of rotatable bonds is 4. The van der Waals surface area contributed by atoms with E-state index in [1.54, 1.807) is 36.0 Å². The number of hydrogen-bond acceptors (Lipinski definition) is 4. The summed E-state index contributed by atoms with van der Waals surface area (Å²) in [5, 5.41) is 11.5. The molecule has 0 fully saturated rings. The Labute approximate surface area is 130 Å². The Morgan fingerprint density at radius 3 is 2.60 bits per heavy atom. The first-order chi connectivity index (χ1) is 9.49. The van der Waals surface area contributed by atoms with Crippen LogP contribution in [0.1, 0.15) is 6.92 Å². The fourth-order valence-electron chi connectivity index (χ4n) is 1.43. The second-order valence-electron chi connectivity index (χ2n) is 4.07. The van der Waals surface area contributed by atoms with Gasteiger partial charge in [0, 0.05) is 7.05 Å². The highest BCUT2D eigenvalue weighted by Gasteiger charge is 2.19. The second kappa shape index (κ2) is 6.47. The number of aromatic nitrogens is 3. The Morgan fingerprint density at radius 2 is 2.05 bits per heavy atom. The van der Waals surface area contributed by atoms with Crippen molar-refractivity contribution in [3.63, 3.8) is 0 Å². The average molecular weight is 331 g/mol. The minimum absolute atomic E-state index is 0.201. The number of aryl methyl sites for hydroxylation is 1. The lowest BCUT2D eigenvalue weighted by atomic mass is 10.3. The van der Waals surface area contributed by atoms with Gasteiger partial charge in [-0.2, -0.15) is 0 Å². The molecule has 1 N–H and O–H groups in total. The van der Waals surface area contributed by atoms with Crippen molar-refractivity contribution < 1.29 is 4.79 Å². The van der Waals surface area contributed by atoms with Gasteiger partial charge in [-0.3, -0.25) is 4.79 Å². The van der Waals surface area contributed by atoms with E-state index >= 15 is 0 Å². The third kappa shape index (κ3) is 3.45. The smallest absolute Gasteiger partial charge is 0.237 e. The minimum atomic E-state index is -0.356. The fraction of sp³-hybridized carbons (Fsp3) is 0.250. The van der Waals surface area contributed by atoms with E-state index in [0.717, 1.165) is 0 Å². The molecule has 0 bridgehead atoms. The number of amides is 1. The lowest BCUT2D eigenvalue weighted by Crippen LogP contribution is -2.23. The van der Waals surface area contributed by atoms with Crippen LogP contribution in [0.3, 0.4) is 0 Å². The van der Waals surface area contributed by atoms with E-state index < -0.39 is 0 Å². The first-order valence-corrected chi connectivity index (χ1v) is 7.38. The van der Waals surface area contributed by atoms with Crippen LogP contribution < -0.4 is 5.32 Å². The molecule has 1 aromatic heterocycles. The van der Waals surface area contributed by atoms with Gasteiger partial charge in [-0.05, 0) is 19.1 Å². The predicted molar refractivity (Wildman–Crippen MR) is 81.4 cm³/mol. The highest BCUT2D eigenvalue weighted by Crippen LogP contribution is 2.31. The molecule has 1 atom stereocenters. The quantitative estimate of drug-likeness (QED) is 0.874. The van der Waals surface area contributed by atoms with Gasteiger partial charge in [-0.15, -0.1) is 10.2 Å². The van der Waals surface area contributed by atoms with Gasteiger partial charge in [0.05, 0.1) is 21.0 Å². The van der Waals surface area contributed by atoms with E-state index in [2.05, 4.69) is 15.5 Å². The van der Waals surface area contributed by atoms with Crippen molar-refractivity contribution in [1.29, 1.82) is 0 Å². The fourth-order valence-corrected chi connectivity index (χ4v) is 2.71. The average Bonchev–Trinajstić information content (AvgIpc) is 2.79. The summed E-state index contributed by atoms with van der Waals surface area (Å²) in [6.07, 6.45) is 1.58. The number of carbonyl (C=O) groups is 1. The monoisotopic (exact) mass is 330 g/mol. The van der Waals surface area contributed by atoms with Gasteiger partial charge in [0.2, 0.25) is 5.91 Å². The Balaban J connectivity index is 2.06. The largest absolute Gasteiger partial charge is 0.323 e. The molecule has 5 nitrogen and oxygen atoms in total. The summed E-state index contributed by atoms with van der Waals surface area (Å²) >= 11 is 13.3. The maximum absolute atomic E-state index is 12.1. The number of anilines is 1. The summed E-state index contributed by atoms with van der Waals surface area (Å²) in [7, 11) is 1.82. The van der Waals surface area contributed by atoms with Crippen LogP contribution in [0.4, 0.5) is 5.69 Å². The third-order valence-corrected chi connectivity index (χ3v) is 4.31. The molecule has 1 aromatic carbocycles. The highest BCUT2D eigenvalue weighted by atomic mass is 35.5. The number of thioether (sulfide) groups is 1. The minimum Gasteiger partial charge on any atom is -0.323 e. The van der Waals surface area contributed by atoms with Crippen LogP contribution in [-0.2, 0) is 11.8 Å². The predicted octanol–water partition coefficient (Wildman–Crippen LogP) is 3.24. The summed E-state index contributed by atoms with van der Waals surface area (Å²) in [4.78, 5) is 12.1. The molecule has 1 heterocycles. The molecule has 2 aromatic rings. The molecule has 0 aliphatic rings. The molecule has 0 aliphatic carbocycles.